The fraction of sp³-hybridized carbons (Fsp3) is 0.818. The molecular weight excluding hydrogens is 272 g/mol. The van der Waals surface area contributed by atoms with Crippen molar-refractivity contribution in [2.45, 2.75) is 37.8 Å². The van der Waals surface area contributed by atoms with Crippen LogP contribution in [0.1, 0.15) is 25.7 Å². The zero-order chi connectivity index (χ0) is 14.6. The van der Waals surface area contributed by atoms with Crippen LogP contribution in [-0.4, -0.2) is 49.5 Å². The Labute approximate surface area is 112 Å². The van der Waals surface area contributed by atoms with E-state index in [1.807, 2.05) is 0 Å². The average Bonchev–Trinajstić information content (AvgIpc) is 3.05. The van der Waals surface area contributed by atoms with Crippen molar-refractivity contribution in [3.8, 4) is 0 Å². The minimum Gasteiger partial charge on any atom is -0.480 e. The molecule has 0 saturated heterocycles. The molecule has 1 saturated carbocycles. The van der Waals surface area contributed by atoms with E-state index in [-0.39, 0.29) is 24.6 Å². The second kappa shape index (κ2) is 6.33. The van der Waals surface area contributed by atoms with Gasteiger partial charge in [0.2, 0.25) is 5.91 Å². The first-order valence-electron chi connectivity index (χ1n) is 6.14. The summed E-state index contributed by atoms with van der Waals surface area (Å²) >= 11 is 0. The van der Waals surface area contributed by atoms with Crippen LogP contribution in [0.4, 0.5) is 0 Å². The van der Waals surface area contributed by atoms with Crippen molar-refractivity contribution in [2.75, 3.05) is 12.0 Å². The summed E-state index contributed by atoms with van der Waals surface area (Å²) in [6.45, 7) is 0. The molecule has 0 spiro atoms. The van der Waals surface area contributed by atoms with Gasteiger partial charge in [-0.15, -0.1) is 0 Å². The molecule has 110 valence electrons. The normalized spacial score (nSPS) is 18.6. The molecule has 0 heterocycles. The standard InChI is InChI=1S/C11H20N2O5S/c1-19(17,18)5-4-9(11(15)16)13-10(14)6-8(12)7-2-3-7/h7-9H,2-6,12H2,1H3,(H,13,14)(H,15,16). The zero-order valence-corrected chi connectivity index (χ0v) is 11.6. The summed E-state index contributed by atoms with van der Waals surface area (Å²) in [5.41, 5.74) is 5.77. The quantitative estimate of drug-likeness (QED) is 0.533. The van der Waals surface area contributed by atoms with Gasteiger partial charge in [-0.1, -0.05) is 0 Å². The maximum Gasteiger partial charge on any atom is 0.326 e. The third-order valence-electron chi connectivity index (χ3n) is 3.06. The Kier molecular flexibility index (Phi) is 5.30. The van der Waals surface area contributed by atoms with Crippen LogP contribution in [0.25, 0.3) is 0 Å². The maximum atomic E-state index is 11.6. The van der Waals surface area contributed by atoms with E-state index in [1.54, 1.807) is 0 Å². The SMILES string of the molecule is CS(=O)(=O)CCC(NC(=O)CC(N)C1CC1)C(=O)O. The van der Waals surface area contributed by atoms with Crippen LogP contribution in [-0.2, 0) is 19.4 Å². The largest absolute Gasteiger partial charge is 0.480 e. The topological polar surface area (TPSA) is 127 Å². The van der Waals surface area contributed by atoms with Crippen LogP contribution in [0.15, 0.2) is 0 Å². The van der Waals surface area contributed by atoms with E-state index >= 15 is 0 Å². The Morgan fingerprint density at radius 2 is 2.00 bits per heavy atom. The molecule has 19 heavy (non-hydrogen) atoms. The number of carbonyl (C=O) groups excluding carboxylic acids is 1. The summed E-state index contributed by atoms with van der Waals surface area (Å²) in [6.07, 6.45) is 2.97. The lowest BCUT2D eigenvalue weighted by molar-refractivity contribution is -0.141. The molecule has 0 radical (unpaired) electrons. The van der Waals surface area contributed by atoms with Gasteiger partial charge < -0.3 is 16.2 Å². The molecule has 2 atom stereocenters. The van der Waals surface area contributed by atoms with E-state index in [9.17, 15) is 18.0 Å². The smallest absolute Gasteiger partial charge is 0.326 e. The summed E-state index contributed by atoms with van der Waals surface area (Å²) in [7, 11) is -3.25. The number of rotatable bonds is 8. The fourth-order valence-corrected chi connectivity index (χ4v) is 2.41. The van der Waals surface area contributed by atoms with Gasteiger partial charge in [0.15, 0.2) is 0 Å². The van der Waals surface area contributed by atoms with Crippen molar-refractivity contribution in [1.82, 2.24) is 5.32 Å². The molecule has 1 aliphatic carbocycles. The molecule has 8 heteroatoms. The summed E-state index contributed by atoms with van der Waals surface area (Å²) in [5.74, 6) is -1.61. The summed E-state index contributed by atoms with van der Waals surface area (Å²) in [4.78, 5) is 22.6. The fourth-order valence-electron chi connectivity index (χ4n) is 1.75. The number of aliphatic carboxylic acids is 1. The number of amides is 1. The lowest BCUT2D eigenvalue weighted by Crippen LogP contribution is -2.44. The number of nitrogens with two attached hydrogens (primary N) is 1. The molecular formula is C11H20N2O5S. The number of carboxylic acid groups (broad SMARTS) is 1. The molecule has 0 aliphatic heterocycles. The number of hydrogen-bond donors (Lipinski definition) is 3. The van der Waals surface area contributed by atoms with Crippen molar-refractivity contribution in [1.29, 1.82) is 0 Å². The van der Waals surface area contributed by atoms with E-state index in [1.165, 1.54) is 0 Å². The second-order valence-corrected chi connectivity index (χ2v) is 7.34. The van der Waals surface area contributed by atoms with Gasteiger partial charge in [0.05, 0.1) is 5.75 Å². The van der Waals surface area contributed by atoms with Gasteiger partial charge in [0.1, 0.15) is 15.9 Å². The van der Waals surface area contributed by atoms with Gasteiger partial charge in [-0.2, -0.15) is 0 Å². The highest BCUT2D eigenvalue weighted by molar-refractivity contribution is 7.90. The Morgan fingerprint density at radius 3 is 2.42 bits per heavy atom. The van der Waals surface area contributed by atoms with E-state index in [2.05, 4.69) is 5.32 Å². The highest BCUT2D eigenvalue weighted by Gasteiger charge is 2.31. The van der Waals surface area contributed by atoms with Crippen LogP contribution in [0.2, 0.25) is 0 Å². The van der Waals surface area contributed by atoms with Crippen molar-refractivity contribution < 1.29 is 23.1 Å². The molecule has 1 fully saturated rings. The van der Waals surface area contributed by atoms with Gasteiger partial charge >= 0.3 is 5.97 Å². The summed E-state index contributed by atoms with van der Waals surface area (Å²) in [6, 6.07) is -1.43. The number of nitrogens with one attached hydrogen (secondary N) is 1. The molecule has 2 unspecified atom stereocenters. The van der Waals surface area contributed by atoms with Gasteiger partial charge in [0, 0.05) is 18.7 Å². The van der Waals surface area contributed by atoms with Crippen molar-refractivity contribution in [2.24, 2.45) is 11.7 Å². The van der Waals surface area contributed by atoms with Gasteiger partial charge in [-0.3, -0.25) is 4.79 Å². The number of carbonyl (C=O) groups is 2. The number of hydrogen-bond acceptors (Lipinski definition) is 5. The zero-order valence-electron chi connectivity index (χ0n) is 10.8. The van der Waals surface area contributed by atoms with Gasteiger partial charge in [-0.25, -0.2) is 13.2 Å². The molecule has 0 bridgehead atoms. The molecule has 1 aliphatic rings. The maximum absolute atomic E-state index is 11.6. The van der Waals surface area contributed by atoms with E-state index in [4.69, 9.17) is 10.8 Å². The lowest BCUT2D eigenvalue weighted by Gasteiger charge is -2.16. The molecule has 0 aromatic carbocycles. The first-order valence-corrected chi connectivity index (χ1v) is 8.20. The lowest BCUT2D eigenvalue weighted by atomic mass is 10.1. The van der Waals surface area contributed by atoms with Crippen LogP contribution >= 0.6 is 0 Å². The first kappa shape index (κ1) is 15.9. The Balaban J connectivity index is 2.43. The first-order chi connectivity index (χ1) is 8.69. The third kappa shape index (κ3) is 6.53. The molecule has 0 aromatic rings. The minimum atomic E-state index is -3.25. The molecule has 7 nitrogen and oxygen atoms in total. The summed E-state index contributed by atoms with van der Waals surface area (Å²) in [5, 5.41) is 11.3. The highest BCUT2D eigenvalue weighted by Crippen LogP contribution is 2.32. The van der Waals surface area contributed by atoms with E-state index < -0.39 is 27.8 Å². The summed E-state index contributed by atoms with van der Waals surface area (Å²) < 4.78 is 22.0. The predicted octanol–water partition coefficient (Wildman–Crippen LogP) is -0.882. The van der Waals surface area contributed by atoms with E-state index in [0.29, 0.717) is 5.92 Å². The van der Waals surface area contributed by atoms with E-state index in [0.717, 1.165) is 19.1 Å². The Bertz CT molecular complexity index is 444. The number of carboxylic acids is 1. The highest BCUT2D eigenvalue weighted by atomic mass is 32.2. The monoisotopic (exact) mass is 292 g/mol. The predicted molar refractivity (Wildman–Crippen MR) is 69.2 cm³/mol. The Hall–Kier alpha value is -1.15. The second-order valence-electron chi connectivity index (χ2n) is 5.08. The average molecular weight is 292 g/mol. The van der Waals surface area contributed by atoms with Crippen LogP contribution < -0.4 is 11.1 Å². The number of sulfone groups is 1. The van der Waals surface area contributed by atoms with Crippen LogP contribution in [0.3, 0.4) is 0 Å². The van der Waals surface area contributed by atoms with Crippen molar-refractivity contribution >= 4 is 21.7 Å². The molecule has 4 N–H and O–H groups in total. The van der Waals surface area contributed by atoms with Gasteiger partial charge in [0.25, 0.3) is 0 Å². The van der Waals surface area contributed by atoms with Crippen molar-refractivity contribution in [3.63, 3.8) is 0 Å². The van der Waals surface area contributed by atoms with Crippen molar-refractivity contribution in [3.05, 3.63) is 0 Å². The molecule has 1 amide bonds. The van der Waals surface area contributed by atoms with Crippen LogP contribution in [0.5, 0.6) is 0 Å². The molecule has 1 rings (SSSR count). The Morgan fingerprint density at radius 1 is 1.42 bits per heavy atom. The third-order valence-corrected chi connectivity index (χ3v) is 4.04. The van der Waals surface area contributed by atoms with Gasteiger partial charge in [-0.05, 0) is 25.2 Å². The molecule has 0 aromatic heterocycles. The van der Waals surface area contributed by atoms with Crippen LogP contribution in [0, 0.1) is 5.92 Å². The minimum absolute atomic E-state index is 0.0767.